The molecule has 0 aliphatic carbocycles. The van der Waals surface area contributed by atoms with E-state index in [1.807, 2.05) is 0 Å². The van der Waals surface area contributed by atoms with Crippen LogP contribution >= 0.6 is 0 Å². The van der Waals surface area contributed by atoms with Gasteiger partial charge in [-0.2, -0.15) is 0 Å². The molecular formula is C4H6N2O3. The smallest absolute Gasteiger partial charge is 0.351 e. The summed E-state index contributed by atoms with van der Waals surface area (Å²) < 4.78 is 0. The molecule has 0 aliphatic heterocycles. The van der Waals surface area contributed by atoms with Gasteiger partial charge in [0.1, 0.15) is 5.70 Å². The molecule has 0 saturated heterocycles. The molecule has 5 nitrogen and oxygen atoms in total. The van der Waals surface area contributed by atoms with Crippen LogP contribution < -0.4 is 5.73 Å². The summed E-state index contributed by atoms with van der Waals surface area (Å²) in [7, 11) is 0. The molecule has 0 aliphatic rings. The molecule has 0 unspecified atom stereocenters. The lowest BCUT2D eigenvalue weighted by Crippen LogP contribution is -2.06. The summed E-state index contributed by atoms with van der Waals surface area (Å²) in [5.74, 6) is -1.16. The molecule has 0 radical (unpaired) electrons. The zero-order valence-electron chi connectivity index (χ0n) is 4.55. The molecule has 0 saturated carbocycles. The van der Waals surface area contributed by atoms with Gasteiger partial charge in [-0.05, 0) is 0 Å². The van der Waals surface area contributed by atoms with Crippen LogP contribution in [0.15, 0.2) is 12.3 Å². The molecule has 0 bridgehead atoms. The molecule has 0 aromatic carbocycles. The van der Waals surface area contributed by atoms with Crippen molar-refractivity contribution < 1.29 is 14.7 Å². The number of carbonyl (C=O) groups excluding carboxylic acids is 1. The summed E-state index contributed by atoms with van der Waals surface area (Å²) in [6, 6.07) is 0. The lowest BCUT2D eigenvalue weighted by atomic mass is 10.5. The molecule has 9 heavy (non-hydrogen) atoms. The van der Waals surface area contributed by atoms with Crippen molar-refractivity contribution in [1.29, 1.82) is 5.41 Å². The Hall–Kier alpha value is -1.61. The van der Waals surface area contributed by atoms with Gasteiger partial charge in [0.05, 0.1) is 0 Å². The molecular weight excluding hydrogens is 124 g/mol. The number of rotatable bonds is 1. The van der Waals surface area contributed by atoms with E-state index in [4.69, 9.17) is 15.3 Å². The topological polar surface area (TPSA) is 104 Å². The van der Waals surface area contributed by atoms with E-state index in [-0.39, 0.29) is 5.70 Å². The highest BCUT2D eigenvalue weighted by atomic mass is 16.4. The summed E-state index contributed by atoms with van der Waals surface area (Å²) in [5, 5.41) is 13.2. The minimum absolute atomic E-state index is 0.324. The standard InChI is InChI=1S/C3H5NO2.CHNO/c1-2(4)3(5)6;2-1-3/h1,4H2,(H,5,6);2H. The van der Waals surface area contributed by atoms with Gasteiger partial charge in [0.15, 0.2) is 0 Å². The van der Waals surface area contributed by atoms with E-state index in [0.717, 1.165) is 6.08 Å². The van der Waals surface area contributed by atoms with Gasteiger partial charge in [-0.25, -0.2) is 15.0 Å². The van der Waals surface area contributed by atoms with Gasteiger partial charge in [0, 0.05) is 0 Å². The maximum Gasteiger partial charge on any atom is 0.351 e. The lowest BCUT2D eigenvalue weighted by Gasteiger charge is -1.81. The zero-order valence-corrected chi connectivity index (χ0v) is 4.55. The summed E-state index contributed by atoms with van der Waals surface area (Å²) in [6.07, 6.45) is 0.750. The molecule has 4 N–H and O–H groups in total. The molecule has 0 spiro atoms. The van der Waals surface area contributed by atoms with Gasteiger partial charge in [0.25, 0.3) is 0 Å². The average Bonchev–Trinajstić information content (AvgIpc) is 1.68. The van der Waals surface area contributed by atoms with Crippen LogP contribution in [0.5, 0.6) is 0 Å². The average molecular weight is 130 g/mol. The number of isocyanates is 1. The van der Waals surface area contributed by atoms with Gasteiger partial charge in [-0.15, -0.1) is 0 Å². The minimum Gasteiger partial charge on any atom is -0.477 e. The van der Waals surface area contributed by atoms with Gasteiger partial charge in [-0.1, -0.05) is 6.58 Å². The number of carboxylic acids is 1. The summed E-state index contributed by atoms with van der Waals surface area (Å²) in [4.78, 5) is 17.8. The second kappa shape index (κ2) is 6.39. The van der Waals surface area contributed by atoms with Gasteiger partial charge in [-0.3, -0.25) is 0 Å². The third kappa shape index (κ3) is 21.6. The predicted octanol–water partition coefficient (Wildman–Crippen LogP) is -0.556. The molecule has 0 aromatic rings. The van der Waals surface area contributed by atoms with Crippen molar-refractivity contribution in [2.75, 3.05) is 0 Å². The largest absolute Gasteiger partial charge is 0.477 e. The Labute approximate surface area is 51.3 Å². The number of hydrogen-bond donors (Lipinski definition) is 3. The Morgan fingerprint density at radius 2 is 1.89 bits per heavy atom. The molecule has 0 fully saturated rings. The Morgan fingerprint density at radius 3 is 1.89 bits per heavy atom. The molecule has 0 rings (SSSR count). The fraction of sp³-hybridized carbons (Fsp3) is 0. The van der Waals surface area contributed by atoms with Crippen LogP contribution in [0, 0.1) is 5.41 Å². The summed E-state index contributed by atoms with van der Waals surface area (Å²) >= 11 is 0. The predicted molar refractivity (Wildman–Crippen MR) is 29.4 cm³/mol. The molecule has 0 heterocycles. The van der Waals surface area contributed by atoms with E-state index in [0.29, 0.717) is 0 Å². The second-order valence-corrected chi connectivity index (χ2v) is 0.932. The van der Waals surface area contributed by atoms with E-state index in [1.165, 1.54) is 0 Å². The lowest BCUT2D eigenvalue weighted by molar-refractivity contribution is -0.132. The highest BCUT2D eigenvalue weighted by Crippen LogP contribution is 1.69. The third-order valence-corrected chi connectivity index (χ3v) is 0.275. The summed E-state index contributed by atoms with van der Waals surface area (Å²) in [6.45, 7) is 2.93. The number of nitrogens with two attached hydrogens (primary N) is 1. The number of hydrogen-bond acceptors (Lipinski definition) is 4. The normalized spacial score (nSPS) is 5.78. The van der Waals surface area contributed by atoms with Gasteiger partial charge in [0.2, 0.25) is 6.08 Å². The number of carbonyl (C=O) groups is 1. The van der Waals surface area contributed by atoms with Crippen LogP contribution in [0.3, 0.4) is 0 Å². The first-order chi connectivity index (χ1) is 4.06. The third-order valence-electron chi connectivity index (χ3n) is 0.275. The van der Waals surface area contributed by atoms with Crippen molar-refractivity contribution in [1.82, 2.24) is 0 Å². The first kappa shape index (κ1) is 10.4. The van der Waals surface area contributed by atoms with Crippen LogP contribution in [-0.2, 0) is 9.59 Å². The van der Waals surface area contributed by atoms with Crippen molar-refractivity contribution in [3.63, 3.8) is 0 Å². The SMILES string of the molecule is C=C(N)C(=O)O.N=C=O. The van der Waals surface area contributed by atoms with Crippen molar-refractivity contribution in [3.8, 4) is 0 Å². The van der Waals surface area contributed by atoms with Crippen molar-refractivity contribution >= 4 is 12.0 Å². The Kier molecular flexibility index (Phi) is 7.37. The van der Waals surface area contributed by atoms with E-state index < -0.39 is 5.97 Å². The molecule has 5 heteroatoms. The fourth-order valence-corrected chi connectivity index (χ4v) is 0. The highest BCUT2D eigenvalue weighted by molar-refractivity contribution is 5.84. The minimum atomic E-state index is -1.16. The van der Waals surface area contributed by atoms with Crippen LogP contribution in [0.2, 0.25) is 0 Å². The second-order valence-electron chi connectivity index (χ2n) is 0.932. The van der Waals surface area contributed by atoms with Crippen molar-refractivity contribution in [3.05, 3.63) is 12.3 Å². The Balaban J connectivity index is 0. The van der Waals surface area contributed by atoms with Crippen LogP contribution in [0.4, 0.5) is 0 Å². The number of nitrogens with one attached hydrogen (secondary N) is 1. The van der Waals surface area contributed by atoms with Crippen molar-refractivity contribution in [2.45, 2.75) is 0 Å². The molecule has 0 amide bonds. The number of carboxylic acid groups (broad SMARTS) is 1. The van der Waals surface area contributed by atoms with E-state index >= 15 is 0 Å². The monoisotopic (exact) mass is 130 g/mol. The summed E-state index contributed by atoms with van der Waals surface area (Å²) in [5.41, 5.74) is 4.32. The van der Waals surface area contributed by atoms with Gasteiger partial charge >= 0.3 is 5.97 Å². The van der Waals surface area contributed by atoms with Crippen molar-refractivity contribution in [2.24, 2.45) is 5.73 Å². The first-order valence-corrected chi connectivity index (χ1v) is 1.77. The highest BCUT2D eigenvalue weighted by Gasteiger charge is 1.91. The van der Waals surface area contributed by atoms with Gasteiger partial charge < -0.3 is 10.8 Å². The maximum atomic E-state index is 9.47. The zero-order chi connectivity index (χ0) is 7.86. The quantitative estimate of drug-likeness (QED) is 0.251. The number of aliphatic carboxylic acids is 1. The Morgan fingerprint density at radius 1 is 1.78 bits per heavy atom. The Bertz CT molecular complexity index is 134. The van der Waals surface area contributed by atoms with E-state index in [2.05, 4.69) is 12.3 Å². The maximum absolute atomic E-state index is 9.47. The molecule has 0 atom stereocenters. The van der Waals surface area contributed by atoms with Crippen LogP contribution in [0.25, 0.3) is 0 Å². The molecule has 50 valence electrons. The van der Waals surface area contributed by atoms with E-state index in [1.54, 1.807) is 0 Å². The first-order valence-electron chi connectivity index (χ1n) is 1.77. The van der Waals surface area contributed by atoms with E-state index in [9.17, 15) is 4.79 Å². The molecule has 0 aromatic heterocycles. The fourth-order valence-electron chi connectivity index (χ4n) is 0. The van der Waals surface area contributed by atoms with Crippen LogP contribution in [-0.4, -0.2) is 17.2 Å². The van der Waals surface area contributed by atoms with Crippen LogP contribution in [0.1, 0.15) is 0 Å².